The van der Waals surface area contributed by atoms with Crippen molar-refractivity contribution < 1.29 is 0 Å². The van der Waals surface area contributed by atoms with Crippen molar-refractivity contribution >= 4 is 11.6 Å². The smallest absolute Gasteiger partial charge is 0.0226 e. The van der Waals surface area contributed by atoms with E-state index in [1.807, 2.05) is 12.1 Å². The number of rotatable bonds is 4. The van der Waals surface area contributed by atoms with Crippen LogP contribution < -0.4 is 5.73 Å². The van der Waals surface area contributed by atoms with Crippen molar-refractivity contribution in [3.8, 4) is 0 Å². The zero-order valence-electron chi connectivity index (χ0n) is 7.09. The first-order chi connectivity index (χ1) is 5.86. The molecule has 0 radical (unpaired) electrons. The van der Waals surface area contributed by atoms with E-state index in [2.05, 4.69) is 12.1 Å². The van der Waals surface area contributed by atoms with Gasteiger partial charge in [-0.1, -0.05) is 24.3 Å². The highest BCUT2D eigenvalue weighted by molar-refractivity contribution is 6.17. The van der Waals surface area contributed by atoms with Crippen molar-refractivity contribution in [2.24, 2.45) is 5.73 Å². The van der Waals surface area contributed by atoms with Crippen LogP contribution in [-0.2, 0) is 13.0 Å². The van der Waals surface area contributed by atoms with Gasteiger partial charge in [0.15, 0.2) is 0 Å². The van der Waals surface area contributed by atoms with Gasteiger partial charge in [-0.3, -0.25) is 0 Å². The summed E-state index contributed by atoms with van der Waals surface area (Å²) in [5.41, 5.74) is 8.05. The van der Waals surface area contributed by atoms with E-state index in [1.54, 1.807) is 0 Å². The highest BCUT2D eigenvalue weighted by Crippen LogP contribution is 2.07. The summed E-state index contributed by atoms with van der Waals surface area (Å²) in [7, 11) is 0. The standard InChI is InChI=1S/C10H14ClN/c11-6-2-5-9-3-1-4-10(7-9)8-12/h1,3-4,7H,2,5-6,8,12H2. The molecule has 0 amide bonds. The minimum Gasteiger partial charge on any atom is -0.326 e. The SMILES string of the molecule is NCc1cccc(CCCCl)c1. The molecule has 0 unspecified atom stereocenters. The van der Waals surface area contributed by atoms with Gasteiger partial charge >= 0.3 is 0 Å². The van der Waals surface area contributed by atoms with Gasteiger partial charge in [0.05, 0.1) is 0 Å². The van der Waals surface area contributed by atoms with E-state index in [0.29, 0.717) is 6.54 Å². The third kappa shape index (κ3) is 2.84. The number of hydrogen-bond acceptors (Lipinski definition) is 1. The fourth-order valence-electron chi connectivity index (χ4n) is 1.18. The van der Waals surface area contributed by atoms with Gasteiger partial charge in [0, 0.05) is 12.4 Å². The summed E-state index contributed by atoms with van der Waals surface area (Å²) in [6.07, 6.45) is 2.09. The highest BCUT2D eigenvalue weighted by atomic mass is 35.5. The molecular weight excluding hydrogens is 170 g/mol. The Hall–Kier alpha value is -0.530. The summed E-state index contributed by atoms with van der Waals surface area (Å²) >= 11 is 5.60. The van der Waals surface area contributed by atoms with Crippen LogP contribution in [0.3, 0.4) is 0 Å². The minimum absolute atomic E-state index is 0.620. The van der Waals surface area contributed by atoms with Gasteiger partial charge in [0.2, 0.25) is 0 Å². The Morgan fingerprint density at radius 1 is 1.25 bits per heavy atom. The molecule has 12 heavy (non-hydrogen) atoms. The molecule has 1 nitrogen and oxygen atoms in total. The maximum Gasteiger partial charge on any atom is 0.0226 e. The molecule has 1 rings (SSSR count). The first-order valence-corrected chi connectivity index (χ1v) is 4.74. The van der Waals surface area contributed by atoms with Crippen LogP contribution in [-0.4, -0.2) is 5.88 Å². The van der Waals surface area contributed by atoms with Crippen LogP contribution in [0, 0.1) is 0 Å². The average molecular weight is 184 g/mol. The van der Waals surface area contributed by atoms with E-state index in [1.165, 1.54) is 11.1 Å². The molecule has 0 saturated heterocycles. The fourth-order valence-corrected chi connectivity index (χ4v) is 1.32. The Labute approximate surface area is 78.5 Å². The van der Waals surface area contributed by atoms with Crippen molar-refractivity contribution in [2.45, 2.75) is 19.4 Å². The molecule has 0 fully saturated rings. The Morgan fingerprint density at radius 2 is 2.00 bits per heavy atom. The predicted octanol–water partition coefficient (Wildman–Crippen LogP) is 2.32. The summed E-state index contributed by atoms with van der Waals surface area (Å²) in [4.78, 5) is 0. The third-order valence-corrected chi connectivity index (χ3v) is 2.09. The zero-order chi connectivity index (χ0) is 8.81. The van der Waals surface area contributed by atoms with Gasteiger partial charge in [-0.05, 0) is 24.0 Å². The molecule has 66 valence electrons. The first kappa shape index (κ1) is 9.56. The number of nitrogens with two attached hydrogens (primary N) is 1. The van der Waals surface area contributed by atoms with Crippen LogP contribution in [0.4, 0.5) is 0 Å². The molecule has 1 aromatic carbocycles. The van der Waals surface area contributed by atoms with E-state index >= 15 is 0 Å². The Morgan fingerprint density at radius 3 is 2.67 bits per heavy atom. The monoisotopic (exact) mass is 183 g/mol. The van der Waals surface area contributed by atoms with Crippen LogP contribution in [0.25, 0.3) is 0 Å². The molecule has 1 aromatic rings. The lowest BCUT2D eigenvalue weighted by Crippen LogP contribution is -1.97. The lowest BCUT2D eigenvalue weighted by Gasteiger charge is -2.01. The maximum atomic E-state index is 5.60. The van der Waals surface area contributed by atoms with Gasteiger partial charge in [-0.2, -0.15) is 0 Å². The lowest BCUT2D eigenvalue weighted by molar-refractivity contribution is 0.922. The maximum absolute atomic E-state index is 5.60. The Bertz CT molecular complexity index is 235. The van der Waals surface area contributed by atoms with Crippen molar-refractivity contribution in [1.82, 2.24) is 0 Å². The zero-order valence-corrected chi connectivity index (χ0v) is 7.85. The molecule has 0 aromatic heterocycles. The lowest BCUT2D eigenvalue weighted by atomic mass is 10.1. The van der Waals surface area contributed by atoms with Gasteiger partial charge in [-0.25, -0.2) is 0 Å². The summed E-state index contributed by atoms with van der Waals surface area (Å²) in [5, 5.41) is 0. The van der Waals surface area contributed by atoms with Crippen LogP contribution in [0.2, 0.25) is 0 Å². The number of alkyl halides is 1. The van der Waals surface area contributed by atoms with Crippen LogP contribution in [0.5, 0.6) is 0 Å². The fraction of sp³-hybridized carbons (Fsp3) is 0.400. The molecule has 0 aliphatic carbocycles. The summed E-state index contributed by atoms with van der Waals surface area (Å²) in [6, 6.07) is 8.36. The number of benzene rings is 1. The molecule has 0 spiro atoms. The van der Waals surface area contributed by atoms with E-state index in [4.69, 9.17) is 17.3 Å². The van der Waals surface area contributed by atoms with Crippen LogP contribution in [0.1, 0.15) is 17.5 Å². The second kappa shape index (κ2) is 5.18. The second-order valence-electron chi connectivity index (χ2n) is 2.82. The number of halogens is 1. The molecule has 0 aliphatic rings. The van der Waals surface area contributed by atoms with Crippen molar-refractivity contribution in [3.05, 3.63) is 35.4 Å². The first-order valence-electron chi connectivity index (χ1n) is 4.20. The largest absolute Gasteiger partial charge is 0.326 e. The number of aryl methyl sites for hydroxylation is 1. The molecule has 2 heteroatoms. The molecule has 0 atom stereocenters. The Balaban J connectivity index is 2.60. The summed E-state index contributed by atoms with van der Waals surface area (Å²) < 4.78 is 0. The van der Waals surface area contributed by atoms with Crippen LogP contribution in [0.15, 0.2) is 24.3 Å². The van der Waals surface area contributed by atoms with E-state index in [9.17, 15) is 0 Å². The Kier molecular flexibility index (Phi) is 4.12. The van der Waals surface area contributed by atoms with Crippen LogP contribution >= 0.6 is 11.6 Å². The van der Waals surface area contributed by atoms with Gasteiger partial charge in [0.1, 0.15) is 0 Å². The van der Waals surface area contributed by atoms with Crippen molar-refractivity contribution in [1.29, 1.82) is 0 Å². The van der Waals surface area contributed by atoms with Gasteiger partial charge in [0.25, 0.3) is 0 Å². The van der Waals surface area contributed by atoms with E-state index in [0.717, 1.165) is 18.7 Å². The van der Waals surface area contributed by atoms with Gasteiger partial charge < -0.3 is 5.73 Å². The predicted molar refractivity (Wildman–Crippen MR) is 53.4 cm³/mol. The molecule has 2 N–H and O–H groups in total. The van der Waals surface area contributed by atoms with E-state index < -0.39 is 0 Å². The van der Waals surface area contributed by atoms with Crippen molar-refractivity contribution in [3.63, 3.8) is 0 Å². The summed E-state index contributed by atoms with van der Waals surface area (Å²) in [6.45, 7) is 0.620. The number of hydrogen-bond donors (Lipinski definition) is 1. The van der Waals surface area contributed by atoms with Crippen molar-refractivity contribution in [2.75, 3.05) is 5.88 Å². The summed E-state index contributed by atoms with van der Waals surface area (Å²) in [5.74, 6) is 0.729. The topological polar surface area (TPSA) is 26.0 Å². The third-order valence-electron chi connectivity index (χ3n) is 1.83. The normalized spacial score (nSPS) is 10.2. The minimum atomic E-state index is 0.620. The second-order valence-corrected chi connectivity index (χ2v) is 3.19. The quantitative estimate of drug-likeness (QED) is 0.713. The molecule has 0 saturated carbocycles. The van der Waals surface area contributed by atoms with E-state index in [-0.39, 0.29) is 0 Å². The average Bonchev–Trinajstić information content (AvgIpc) is 2.15. The molecule has 0 aliphatic heterocycles. The molecular formula is C10H14ClN. The molecule has 0 heterocycles. The highest BCUT2D eigenvalue weighted by Gasteiger charge is 1.93. The molecule has 0 bridgehead atoms. The van der Waals surface area contributed by atoms with Gasteiger partial charge in [-0.15, -0.1) is 11.6 Å².